The summed E-state index contributed by atoms with van der Waals surface area (Å²) in [5, 5.41) is 11.5. The normalized spacial score (nSPS) is 10.5. The number of rotatable bonds is 6. The number of hydrogen-bond donors (Lipinski definition) is 0. The second kappa shape index (κ2) is 7.40. The standard InChI is InChI=1S/C18H15NO6S/c1-23-14-4-5-15(24-2)12(8-14)10-25-18(20)17-9-11-7-13(19(21)22)3-6-16(11)26-17/h3-9H,10H2,1-2H3. The molecule has 7 nitrogen and oxygen atoms in total. The van der Waals surface area contributed by atoms with Crippen molar-refractivity contribution in [3.8, 4) is 11.5 Å². The number of hydrogen-bond acceptors (Lipinski definition) is 7. The summed E-state index contributed by atoms with van der Waals surface area (Å²) in [7, 11) is 3.08. The fourth-order valence-corrected chi connectivity index (χ4v) is 3.39. The lowest BCUT2D eigenvalue weighted by molar-refractivity contribution is -0.384. The van der Waals surface area contributed by atoms with Gasteiger partial charge in [-0.25, -0.2) is 4.79 Å². The number of esters is 1. The Labute approximate surface area is 152 Å². The van der Waals surface area contributed by atoms with Crippen LogP contribution in [-0.2, 0) is 11.3 Å². The molecule has 3 rings (SSSR count). The molecule has 0 aliphatic rings. The van der Waals surface area contributed by atoms with Crippen molar-refractivity contribution in [2.45, 2.75) is 6.61 Å². The number of nitro groups is 1. The average molecular weight is 373 g/mol. The molecule has 0 aliphatic carbocycles. The molecule has 0 unspecified atom stereocenters. The summed E-state index contributed by atoms with van der Waals surface area (Å²) >= 11 is 1.23. The number of methoxy groups -OCH3 is 2. The minimum Gasteiger partial charge on any atom is -0.497 e. The van der Waals surface area contributed by atoms with E-state index in [1.165, 1.54) is 30.6 Å². The number of carbonyl (C=O) groups excluding carboxylic acids is 1. The largest absolute Gasteiger partial charge is 0.497 e. The Morgan fingerprint density at radius 2 is 1.92 bits per heavy atom. The quantitative estimate of drug-likeness (QED) is 0.366. The van der Waals surface area contributed by atoms with Gasteiger partial charge in [-0.05, 0) is 30.3 Å². The van der Waals surface area contributed by atoms with Gasteiger partial charge in [0.1, 0.15) is 23.0 Å². The van der Waals surface area contributed by atoms with Crippen LogP contribution < -0.4 is 9.47 Å². The summed E-state index contributed by atoms with van der Waals surface area (Å²) in [6, 6.07) is 11.3. The van der Waals surface area contributed by atoms with Crippen molar-refractivity contribution in [3.05, 3.63) is 63.0 Å². The second-order valence-electron chi connectivity index (χ2n) is 5.34. The van der Waals surface area contributed by atoms with Crippen molar-refractivity contribution < 1.29 is 23.9 Å². The number of thiophene rings is 1. The molecule has 0 saturated carbocycles. The fourth-order valence-electron chi connectivity index (χ4n) is 2.45. The topological polar surface area (TPSA) is 87.9 Å². The third-order valence-corrected chi connectivity index (χ3v) is 4.85. The first-order valence-electron chi connectivity index (χ1n) is 7.58. The molecule has 0 aliphatic heterocycles. The number of benzene rings is 2. The van der Waals surface area contributed by atoms with Crippen LogP contribution in [0.5, 0.6) is 11.5 Å². The van der Waals surface area contributed by atoms with Gasteiger partial charge in [0, 0.05) is 27.8 Å². The van der Waals surface area contributed by atoms with Crippen LogP contribution in [0.2, 0.25) is 0 Å². The van der Waals surface area contributed by atoms with E-state index in [4.69, 9.17) is 14.2 Å². The van der Waals surface area contributed by atoms with Crippen molar-refractivity contribution in [3.63, 3.8) is 0 Å². The summed E-state index contributed by atoms with van der Waals surface area (Å²) < 4.78 is 16.6. The van der Waals surface area contributed by atoms with Crippen LogP contribution in [0.3, 0.4) is 0 Å². The van der Waals surface area contributed by atoms with Crippen LogP contribution in [0.15, 0.2) is 42.5 Å². The van der Waals surface area contributed by atoms with Gasteiger partial charge in [0.05, 0.1) is 19.1 Å². The molecule has 0 amide bonds. The molecule has 2 aromatic carbocycles. The third kappa shape index (κ3) is 3.60. The van der Waals surface area contributed by atoms with Crippen molar-refractivity contribution in [2.24, 2.45) is 0 Å². The molecular formula is C18H15NO6S. The van der Waals surface area contributed by atoms with Crippen molar-refractivity contribution in [1.82, 2.24) is 0 Å². The van der Waals surface area contributed by atoms with E-state index in [0.717, 1.165) is 4.70 Å². The molecule has 0 atom stereocenters. The summed E-state index contributed by atoms with van der Waals surface area (Å²) in [5.41, 5.74) is 0.660. The highest BCUT2D eigenvalue weighted by atomic mass is 32.1. The van der Waals surface area contributed by atoms with Crippen LogP contribution in [0, 0.1) is 10.1 Å². The summed E-state index contributed by atoms with van der Waals surface area (Å²) in [4.78, 5) is 23.1. The number of carbonyl (C=O) groups is 1. The monoisotopic (exact) mass is 373 g/mol. The van der Waals surface area contributed by atoms with E-state index >= 15 is 0 Å². The molecule has 1 aromatic heterocycles. The van der Waals surface area contributed by atoms with Gasteiger partial charge in [-0.2, -0.15) is 0 Å². The van der Waals surface area contributed by atoms with Crippen molar-refractivity contribution >= 4 is 33.1 Å². The van der Waals surface area contributed by atoms with E-state index in [0.29, 0.717) is 27.3 Å². The predicted octanol–water partition coefficient (Wildman–Crippen LogP) is 4.18. The minimum absolute atomic E-state index is 0.0173. The SMILES string of the molecule is COc1ccc(OC)c(COC(=O)c2cc3cc([N+](=O)[O-])ccc3s2)c1. The van der Waals surface area contributed by atoms with Gasteiger partial charge in [0.25, 0.3) is 5.69 Å². The molecule has 8 heteroatoms. The molecule has 0 bridgehead atoms. The van der Waals surface area contributed by atoms with E-state index in [2.05, 4.69) is 0 Å². The van der Waals surface area contributed by atoms with Crippen LogP contribution in [0.4, 0.5) is 5.69 Å². The smallest absolute Gasteiger partial charge is 0.348 e. The maximum absolute atomic E-state index is 12.3. The molecule has 0 fully saturated rings. The summed E-state index contributed by atoms with van der Waals surface area (Å²) in [6.07, 6.45) is 0. The summed E-state index contributed by atoms with van der Waals surface area (Å²) in [5.74, 6) is 0.718. The van der Waals surface area contributed by atoms with Crippen LogP contribution in [0.25, 0.3) is 10.1 Å². The Bertz CT molecular complexity index is 981. The zero-order valence-corrected chi connectivity index (χ0v) is 14.9. The van der Waals surface area contributed by atoms with Gasteiger partial charge in [-0.15, -0.1) is 11.3 Å². The molecule has 134 valence electrons. The maximum Gasteiger partial charge on any atom is 0.348 e. The molecule has 0 N–H and O–H groups in total. The lowest BCUT2D eigenvalue weighted by Gasteiger charge is -2.10. The van der Waals surface area contributed by atoms with Crippen molar-refractivity contribution in [1.29, 1.82) is 0 Å². The van der Waals surface area contributed by atoms with E-state index in [9.17, 15) is 14.9 Å². The molecular weight excluding hydrogens is 358 g/mol. The Hall–Kier alpha value is -3.13. The number of non-ortho nitro benzene ring substituents is 1. The Morgan fingerprint density at radius 3 is 2.62 bits per heavy atom. The van der Waals surface area contributed by atoms with Gasteiger partial charge < -0.3 is 14.2 Å². The van der Waals surface area contributed by atoms with Crippen molar-refractivity contribution in [2.75, 3.05) is 14.2 Å². The highest BCUT2D eigenvalue weighted by Gasteiger charge is 2.15. The first-order chi connectivity index (χ1) is 12.5. The van der Waals surface area contributed by atoms with Gasteiger partial charge in [-0.1, -0.05) is 0 Å². The molecule has 0 radical (unpaired) electrons. The minimum atomic E-state index is -0.501. The lowest BCUT2D eigenvalue weighted by Crippen LogP contribution is -2.04. The highest BCUT2D eigenvalue weighted by Crippen LogP contribution is 2.30. The third-order valence-electron chi connectivity index (χ3n) is 3.76. The highest BCUT2D eigenvalue weighted by molar-refractivity contribution is 7.20. The number of ether oxygens (including phenoxy) is 3. The molecule has 0 spiro atoms. The maximum atomic E-state index is 12.3. The fraction of sp³-hybridized carbons (Fsp3) is 0.167. The van der Waals surface area contributed by atoms with Gasteiger partial charge in [-0.3, -0.25) is 10.1 Å². The van der Waals surface area contributed by atoms with E-state index in [-0.39, 0.29) is 12.3 Å². The molecule has 1 heterocycles. The molecule has 0 saturated heterocycles. The number of nitro benzene ring substituents is 1. The average Bonchev–Trinajstić information content (AvgIpc) is 3.09. The first kappa shape index (κ1) is 17.7. The number of fused-ring (bicyclic) bond motifs is 1. The van der Waals surface area contributed by atoms with Crippen LogP contribution in [-0.4, -0.2) is 25.1 Å². The van der Waals surface area contributed by atoms with Gasteiger partial charge in [0.2, 0.25) is 0 Å². The van der Waals surface area contributed by atoms with Crippen LogP contribution >= 0.6 is 11.3 Å². The molecule has 26 heavy (non-hydrogen) atoms. The first-order valence-corrected chi connectivity index (χ1v) is 8.39. The zero-order valence-electron chi connectivity index (χ0n) is 14.1. The lowest BCUT2D eigenvalue weighted by atomic mass is 10.2. The summed E-state index contributed by atoms with van der Waals surface area (Å²) in [6.45, 7) is 0.0214. The Kier molecular flexibility index (Phi) is 5.04. The molecule has 3 aromatic rings. The second-order valence-corrected chi connectivity index (χ2v) is 6.43. The van der Waals surface area contributed by atoms with E-state index in [1.807, 2.05) is 0 Å². The van der Waals surface area contributed by atoms with Gasteiger partial charge >= 0.3 is 5.97 Å². The van der Waals surface area contributed by atoms with E-state index < -0.39 is 10.9 Å². The predicted molar refractivity (Wildman–Crippen MR) is 97.1 cm³/mol. The zero-order chi connectivity index (χ0) is 18.7. The van der Waals surface area contributed by atoms with Crippen LogP contribution in [0.1, 0.15) is 15.2 Å². The van der Waals surface area contributed by atoms with Gasteiger partial charge in [0.15, 0.2) is 0 Å². The Balaban J connectivity index is 1.78. The van der Waals surface area contributed by atoms with E-state index in [1.54, 1.807) is 37.4 Å². The Morgan fingerprint density at radius 1 is 1.12 bits per heavy atom. The number of nitrogens with zero attached hydrogens (tertiary/aromatic N) is 1.